The molecule has 0 aromatic heterocycles. The first kappa shape index (κ1) is 11.9. The lowest BCUT2D eigenvalue weighted by atomic mass is 10.3. The highest BCUT2D eigenvalue weighted by molar-refractivity contribution is 5.89. The number of hydrogen-bond acceptors (Lipinski definition) is 1. The van der Waals surface area contributed by atoms with Crippen molar-refractivity contribution < 1.29 is 9.18 Å². The number of amides is 2. The first-order chi connectivity index (χ1) is 8.08. The maximum atomic E-state index is 13.0. The molecule has 1 N–H and O–H groups in total. The van der Waals surface area contributed by atoms with E-state index in [-0.39, 0.29) is 17.9 Å². The molecule has 0 radical (unpaired) electrons. The molecule has 1 aliphatic rings. The van der Waals surface area contributed by atoms with E-state index in [1.165, 1.54) is 12.1 Å². The third kappa shape index (κ3) is 2.96. The van der Waals surface area contributed by atoms with E-state index in [1.54, 1.807) is 12.1 Å². The van der Waals surface area contributed by atoms with Gasteiger partial charge in [0, 0.05) is 17.8 Å². The Morgan fingerprint density at radius 3 is 2.71 bits per heavy atom. The number of halogens is 1. The fourth-order valence-electron chi connectivity index (χ4n) is 1.93. The minimum absolute atomic E-state index is 0.145. The van der Waals surface area contributed by atoms with Crippen LogP contribution in [0, 0.1) is 5.82 Å². The summed E-state index contributed by atoms with van der Waals surface area (Å²) in [4.78, 5) is 13.9. The van der Waals surface area contributed by atoms with Crippen LogP contribution < -0.4 is 5.32 Å². The summed E-state index contributed by atoms with van der Waals surface area (Å²) in [6.07, 6.45) is 2.13. The van der Waals surface area contributed by atoms with Gasteiger partial charge in [-0.3, -0.25) is 0 Å². The van der Waals surface area contributed by atoms with Crippen molar-refractivity contribution in [2.24, 2.45) is 0 Å². The molecule has 3 nitrogen and oxygen atoms in total. The standard InChI is InChI=1S/C13H17FN2O/c1-9(2)16(12-6-7-12)13(17)15-11-5-3-4-10(14)8-11/h3-5,8-9,12H,6-7H2,1-2H3,(H,15,17). The highest BCUT2D eigenvalue weighted by Gasteiger charge is 2.34. The van der Waals surface area contributed by atoms with E-state index >= 15 is 0 Å². The lowest BCUT2D eigenvalue weighted by molar-refractivity contribution is 0.193. The number of rotatable bonds is 3. The van der Waals surface area contributed by atoms with Crippen LogP contribution in [0.5, 0.6) is 0 Å². The topological polar surface area (TPSA) is 32.3 Å². The molecule has 0 aliphatic heterocycles. The third-order valence-corrected chi connectivity index (χ3v) is 2.81. The van der Waals surface area contributed by atoms with Gasteiger partial charge in [-0.1, -0.05) is 6.07 Å². The van der Waals surface area contributed by atoms with Crippen molar-refractivity contribution in [3.63, 3.8) is 0 Å². The molecular weight excluding hydrogens is 219 g/mol. The normalized spacial score (nSPS) is 14.8. The van der Waals surface area contributed by atoms with Crippen molar-refractivity contribution in [3.05, 3.63) is 30.1 Å². The summed E-state index contributed by atoms with van der Waals surface area (Å²) >= 11 is 0. The maximum absolute atomic E-state index is 13.0. The number of carbonyl (C=O) groups is 1. The van der Waals surface area contributed by atoms with Gasteiger partial charge in [0.15, 0.2) is 0 Å². The Morgan fingerprint density at radius 2 is 2.18 bits per heavy atom. The van der Waals surface area contributed by atoms with Crippen molar-refractivity contribution in [1.82, 2.24) is 4.90 Å². The molecule has 0 unspecified atom stereocenters. The number of nitrogens with one attached hydrogen (secondary N) is 1. The summed E-state index contributed by atoms with van der Waals surface area (Å²) in [5, 5.41) is 2.73. The lowest BCUT2D eigenvalue weighted by Gasteiger charge is -2.26. The summed E-state index contributed by atoms with van der Waals surface area (Å²) in [6.45, 7) is 3.98. The number of anilines is 1. The molecule has 1 aliphatic carbocycles. The van der Waals surface area contributed by atoms with Crippen molar-refractivity contribution in [2.45, 2.75) is 38.8 Å². The molecule has 1 saturated carbocycles. The van der Waals surface area contributed by atoms with Crippen LogP contribution in [-0.2, 0) is 0 Å². The van der Waals surface area contributed by atoms with E-state index in [2.05, 4.69) is 5.32 Å². The first-order valence-corrected chi connectivity index (χ1v) is 5.93. The van der Waals surface area contributed by atoms with Gasteiger partial charge in [-0.25, -0.2) is 9.18 Å². The predicted molar refractivity (Wildman–Crippen MR) is 65.4 cm³/mol. The Hall–Kier alpha value is -1.58. The SMILES string of the molecule is CC(C)N(C(=O)Nc1cccc(F)c1)C1CC1. The molecule has 0 bridgehead atoms. The molecule has 0 spiro atoms. The first-order valence-electron chi connectivity index (χ1n) is 5.93. The molecular formula is C13H17FN2O. The smallest absolute Gasteiger partial charge is 0.319 e. The van der Waals surface area contributed by atoms with Crippen molar-refractivity contribution >= 4 is 11.7 Å². The van der Waals surface area contributed by atoms with E-state index in [0.717, 1.165) is 12.8 Å². The molecule has 0 atom stereocenters. The van der Waals surface area contributed by atoms with E-state index < -0.39 is 0 Å². The molecule has 1 fully saturated rings. The predicted octanol–water partition coefficient (Wildman–Crippen LogP) is 3.23. The lowest BCUT2D eigenvalue weighted by Crippen LogP contribution is -2.41. The van der Waals surface area contributed by atoms with Gasteiger partial charge in [0.25, 0.3) is 0 Å². The molecule has 17 heavy (non-hydrogen) atoms. The summed E-state index contributed by atoms with van der Waals surface area (Å²) in [5.41, 5.74) is 0.501. The summed E-state index contributed by atoms with van der Waals surface area (Å²) in [6, 6.07) is 6.32. The Balaban J connectivity index is 2.04. The Labute approximate surface area is 101 Å². The average molecular weight is 236 g/mol. The number of urea groups is 1. The highest BCUT2D eigenvalue weighted by Crippen LogP contribution is 2.29. The minimum atomic E-state index is -0.342. The fourth-order valence-corrected chi connectivity index (χ4v) is 1.93. The molecule has 4 heteroatoms. The highest BCUT2D eigenvalue weighted by atomic mass is 19.1. The van der Waals surface area contributed by atoms with Crippen LogP contribution in [0.1, 0.15) is 26.7 Å². The van der Waals surface area contributed by atoms with Gasteiger partial charge >= 0.3 is 6.03 Å². The molecule has 2 amide bonds. The van der Waals surface area contributed by atoms with Gasteiger partial charge in [0.05, 0.1) is 0 Å². The van der Waals surface area contributed by atoms with Gasteiger partial charge in [-0.05, 0) is 44.9 Å². The molecule has 92 valence electrons. The van der Waals surface area contributed by atoms with Gasteiger partial charge in [0.1, 0.15) is 5.82 Å². The maximum Gasteiger partial charge on any atom is 0.322 e. The summed E-state index contributed by atoms with van der Waals surface area (Å²) in [5.74, 6) is -0.342. The zero-order chi connectivity index (χ0) is 12.4. The van der Waals surface area contributed by atoms with Crippen molar-refractivity contribution in [1.29, 1.82) is 0 Å². The number of benzene rings is 1. The minimum Gasteiger partial charge on any atom is -0.319 e. The second-order valence-corrected chi connectivity index (χ2v) is 4.67. The van der Waals surface area contributed by atoms with Crippen LogP contribution in [-0.4, -0.2) is 23.0 Å². The zero-order valence-corrected chi connectivity index (χ0v) is 10.1. The van der Waals surface area contributed by atoms with Crippen molar-refractivity contribution in [3.8, 4) is 0 Å². The Kier molecular flexibility index (Phi) is 3.31. The Bertz CT molecular complexity index is 414. The van der Waals surface area contributed by atoms with Crippen LogP contribution in [0.15, 0.2) is 24.3 Å². The van der Waals surface area contributed by atoms with Crippen LogP contribution >= 0.6 is 0 Å². The molecule has 1 aromatic carbocycles. The molecule has 0 heterocycles. The largest absolute Gasteiger partial charge is 0.322 e. The number of carbonyl (C=O) groups excluding carboxylic acids is 1. The average Bonchev–Trinajstić information content (AvgIpc) is 3.01. The monoisotopic (exact) mass is 236 g/mol. The third-order valence-electron chi connectivity index (χ3n) is 2.81. The molecule has 1 aromatic rings. The van der Waals surface area contributed by atoms with Gasteiger partial charge in [-0.2, -0.15) is 0 Å². The van der Waals surface area contributed by atoms with Crippen LogP contribution in [0.2, 0.25) is 0 Å². The summed E-state index contributed by atoms with van der Waals surface area (Å²) in [7, 11) is 0. The van der Waals surface area contributed by atoms with Crippen molar-refractivity contribution in [2.75, 3.05) is 5.32 Å². The molecule has 2 rings (SSSR count). The second kappa shape index (κ2) is 4.73. The zero-order valence-electron chi connectivity index (χ0n) is 10.1. The number of nitrogens with zero attached hydrogens (tertiary/aromatic N) is 1. The quantitative estimate of drug-likeness (QED) is 0.858. The Morgan fingerprint density at radius 1 is 1.47 bits per heavy atom. The van der Waals surface area contributed by atoms with Crippen LogP contribution in [0.3, 0.4) is 0 Å². The fraction of sp³-hybridized carbons (Fsp3) is 0.462. The van der Waals surface area contributed by atoms with Gasteiger partial charge in [0.2, 0.25) is 0 Å². The number of hydrogen-bond donors (Lipinski definition) is 1. The van der Waals surface area contributed by atoms with E-state index in [4.69, 9.17) is 0 Å². The van der Waals surface area contributed by atoms with Crippen LogP contribution in [0.4, 0.5) is 14.9 Å². The molecule has 0 saturated heterocycles. The van der Waals surface area contributed by atoms with Crippen LogP contribution in [0.25, 0.3) is 0 Å². The van der Waals surface area contributed by atoms with E-state index in [0.29, 0.717) is 11.7 Å². The van der Waals surface area contributed by atoms with Gasteiger partial charge < -0.3 is 10.2 Å². The van der Waals surface area contributed by atoms with E-state index in [9.17, 15) is 9.18 Å². The van der Waals surface area contributed by atoms with E-state index in [1.807, 2.05) is 18.7 Å². The van der Waals surface area contributed by atoms with Gasteiger partial charge in [-0.15, -0.1) is 0 Å². The second-order valence-electron chi connectivity index (χ2n) is 4.67. The summed E-state index contributed by atoms with van der Waals surface area (Å²) < 4.78 is 13.0.